The van der Waals surface area contributed by atoms with E-state index in [1.54, 1.807) is 31.4 Å². The van der Waals surface area contributed by atoms with Gasteiger partial charge < -0.3 is 14.8 Å². The second-order valence-electron chi connectivity index (χ2n) is 8.89. The lowest BCUT2D eigenvalue weighted by atomic mass is 9.78. The fraction of sp³-hybridized carbons (Fsp3) is 0.500. The van der Waals surface area contributed by atoms with Crippen LogP contribution >= 0.6 is 0 Å². The van der Waals surface area contributed by atoms with Gasteiger partial charge >= 0.3 is 0 Å². The molecule has 6 heteroatoms. The van der Waals surface area contributed by atoms with Gasteiger partial charge in [0.05, 0.1) is 5.56 Å². The Morgan fingerprint density at radius 1 is 1.10 bits per heavy atom. The highest BCUT2D eigenvalue weighted by Crippen LogP contribution is 2.42. The van der Waals surface area contributed by atoms with E-state index in [0.717, 1.165) is 45.3 Å². The van der Waals surface area contributed by atoms with E-state index in [-0.39, 0.29) is 28.7 Å². The van der Waals surface area contributed by atoms with Crippen LogP contribution in [0.2, 0.25) is 0 Å². The predicted molar refractivity (Wildman–Crippen MR) is 115 cm³/mol. The van der Waals surface area contributed by atoms with Crippen molar-refractivity contribution in [2.24, 2.45) is 7.05 Å². The number of amides is 1. The largest absolute Gasteiger partial charge is 0.349 e. The van der Waals surface area contributed by atoms with Gasteiger partial charge in [-0.2, -0.15) is 0 Å². The molecule has 1 amide bonds. The number of piperidine rings is 1. The minimum absolute atomic E-state index is 0.123. The maximum Gasteiger partial charge on any atom is 0.252 e. The van der Waals surface area contributed by atoms with Crippen molar-refractivity contribution in [2.75, 3.05) is 19.6 Å². The number of rotatable bonds is 5. The van der Waals surface area contributed by atoms with Gasteiger partial charge in [0, 0.05) is 50.4 Å². The van der Waals surface area contributed by atoms with Crippen molar-refractivity contribution in [3.05, 3.63) is 69.9 Å². The Hall–Kier alpha value is -2.47. The van der Waals surface area contributed by atoms with Gasteiger partial charge in [0.15, 0.2) is 0 Å². The summed E-state index contributed by atoms with van der Waals surface area (Å²) in [6, 6.07) is 10.2. The molecule has 2 fully saturated rings. The number of likely N-dealkylation sites (tertiary alicyclic amines) is 1. The van der Waals surface area contributed by atoms with Crippen molar-refractivity contribution < 1.29 is 9.18 Å². The summed E-state index contributed by atoms with van der Waals surface area (Å²) in [5.74, 6) is -0.301. The normalized spacial score (nSPS) is 19.7. The maximum atomic E-state index is 13.4. The monoisotopic (exact) mass is 411 g/mol. The summed E-state index contributed by atoms with van der Waals surface area (Å²) in [6.45, 7) is 2.89. The van der Waals surface area contributed by atoms with Crippen molar-refractivity contribution >= 4 is 5.91 Å². The number of hydrogen-bond acceptors (Lipinski definition) is 3. The molecule has 5 nitrogen and oxygen atoms in total. The van der Waals surface area contributed by atoms with Crippen LogP contribution in [0.15, 0.2) is 47.4 Å². The first-order valence-corrected chi connectivity index (χ1v) is 10.9. The molecule has 1 aliphatic carbocycles. The molecular weight excluding hydrogens is 381 g/mol. The molecule has 0 atom stereocenters. The van der Waals surface area contributed by atoms with Crippen LogP contribution in [-0.4, -0.2) is 41.1 Å². The molecule has 0 unspecified atom stereocenters. The van der Waals surface area contributed by atoms with Gasteiger partial charge in [0.2, 0.25) is 5.56 Å². The Labute approximate surface area is 176 Å². The van der Waals surface area contributed by atoms with E-state index in [2.05, 4.69) is 10.2 Å². The maximum absolute atomic E-state index is 13.4. The van der Waals surface area contributed by atoms with E-state index in [1.807, 2.05) is 12.1 Å². The van der Waals surface area contributed by atoms with Crippen LogP contribution in [0, 0.1) is 5.82 Å². The quantitative estimate of drug-likeness (QED) is 0.822. The Bertz CT molecular complexity index is 940. The van der Waals surface area contributed by atoms with Crippen molar-refractivity contribution in [1.29, 1.82) is 0 Å². The third-order valence-corrected chi connectivity index (χ3v) is 6.81. The number of halogens is 1. The van der Waals surface area contributed by atoms with Gasteiger partial charge in [0.25, 0.3) is 5.91 Å². The zero-order valence-electron chi connectivity index (χ0n) is 17.6. The van der Waals surface area contributed by atoms with E-state index in [4.69, 9.17) is 0 Å². The van der Waals surface area contributed by atoms with Gasteiger partial charge in [0.1, 0.15) is 5.82 Å². The fourth-order valence-electron chi connectivity index (χ4n) is 5.05. The Kier molecular flexibility index (Phi) is 6.04. The predicted octanol–water partition coefficient (Wildman–Crippen LogP) is 3.23. The molecule has 1 N–H and O–H groups in total. The summed E-state index contributed by atoms with van der Waals surface area (Å²) in [7, 11) is 1.65. The van der Waals surface area contributed by atoms with Crippen molar-refractivity contribution in [2.45, 2.75) is 50.0 Å². The smallest absolute Gasteiger partial charge is 0.252 e. The fourth-order valence-corrected chi connectivity index (χ4v) is 5.05. The van der Waals surface area contributed by atoms with Gasteiger partial charge in [-0.15, -0.1) is 0 Å². The van der Waals surface area contributed by atoms with Crippen molar-refractivity contribution in [1.82, 2.24) is 14.8 Å². The molecule has 2 aliphatic rings. The minimum atomic E-state index is -0.179. The number of carbonyl (C=O) groups excluding carboxylic acids is 1. The number of benzene rings is 1. The van der Waals surface area contributed by atoms with E-state index >= 15 is 0 Å². The van der Waals surface area contributed by atoms with E-state index < -0.39 is 0 Å². The zero-order chi connectivity index (χ0) is 21.1. The first kappa shape index (κ1) is 20.8. The van der Waals surface area contributed by atoms with Crippen LogP contribution in [0.25, 0.3) is 0 Å². The number of nitrogens with zero attached hydrogens (tertiary/aromatic N) is 2. The molecule has 1 aromatic heterocycles. The number of pyridine rings is 1. The molecule has 1 saturated carbocycles. The Morgan fingerprint density at radius 2 is 1.77 bits per heavy atom. The third kappa shape index (κ3) is 4.48. The number of aromatic nitrogens is 1. The molecule has 0 radical (unpaired) electrons. The third-order valence-electron chi connectivity index (χ3n) is 6.81. The van der Waals surface area contributed by atoms with Gasteiger partial charge in [-0.25, -0.2) is 4.39 Å². The second-order valence-corrected chi connectivity index (χ2v) is 8.89. The molecule has 1 aromatic carbocycles. The summed E-state index contributed by atoms with van der Waals surface area (Å²) in [5.41, 5.74) is 1.77. The van der Waals surface area contributed by atoms with Crippen LogP contribution in [0.3, 0.4) is 0 Å². The first-order valence-electron chi connectivity index (χ1n) is 10.9. The summed E-state index contributed by atoms with van der Waals surface area (Å²) < 4.78 is 14.8. The average molecular weight is 412 g/mol. The molecule has 1 saturated heterocycles. The minimum Gasteiger partial charge on any atom is -0.349 e. The summed E-state index contributed by atoms with van der Waals surface area (Å²) in [6.07, 6.45) is 8.17. The first-order chi connectivity index (χ1) is 14.4. The second kappa shape index (κ2) is 8.72. The van der Waals surface area contributed by atoms with Crippen LogP contribution in [0.1, 0.15) is 54.4 Å². The highest BCUT2D eigenvalue weighted by Gasteiger charge is 2.38. The molecular formula is C24H30FN3O2. The van der Waals surface area contributed by atoms with Crippen molar-refractivity contribution in [3.8, 4) is 0 Å². The molecule has 2 heterocycles. The lowest BCUT2D eigenvalue weighted by molar-refractivity contribution is 0.0900. The molecule has 1 aliphatic heterocycles. The molecule has 160 valence electrons. The standard InChI is InChI=1S/C24H30FN3O2/c1-27-16-18(4-9-22(27)29)23(30)26-21-10-14-28(15-11-21)17-24(12-2-3-13-24)19-5-7-20(25)8-6-19/h4-9,16,21H,2-3,10-15,17H2,1H3,(H,26,30). The Morgan fingerprint density at radius 3 is 2.40 bits per heavy atom. The average Bonchev–Trinajstić information content (AvgIpc) is 3.21. The van der Waals surface area contributed by atoms with Gasteiger partial charge in [-0.05, 0) is 49.4 Å². The number of nitrogens with one attached hydrogen (secondary N) is 1. The van der Waals surface area contributed by atoms with Crippen LogP contribution in [-0.2, 0) is 12.5 Å². The number of carbonyl (C=O) groups is 1. The molecule has 0 spiro atoms. The van der Waals surface area contributed by atoms with Crippen LogP contribution < -0.4 is 10.9 Å². The zero-order valence-corrected chi connectivity index (χ0v) is 17.6. The topological polar surface area (TPSA) is 54.3 Å². The highest BCUT2D eigenvalue weighted by molar-refractivity contribution is 5.94. The van der Waals surface area contributed by atoms with E-state index in [0.29, 0.717) is 5.56 Å². The molecule has 4 rings (SSSR count). The van der Waals surface area contributed by atoms with Gasteiger partial charge in [-0.1, -0.05) is 25.0 Å². The number of hydrogen-bond donors (Lipinski definition) is 1. The van der Waals surface area contributed by atoms with E-state index in [1.165, 1.54) is 29.0 Å². The summed E-state index contributed by atoms with van der Waals surface area (Å²) in [5, 5.41) is 3.12. The van der Waals surface area contributed by atoms with Crippen LogP contribution in [0.4, 0.5) is 4.39 Å². The Balaban J connectivity index is 1.34. The van der Waals surface area contributed by atoms with Crippen LogP contribution in [0.5, 0.6) is 0 Å². The highest BCUT2D eigenvalue weighted by atomic mass is 19.1. The molecule has 0 bridgehead atoms. The lowest BCUT2D eigenvalue weighted by Gasteiger charge is -2.39. The summed E-state index contributed by atoms with van der Waals surface area (Å²) in [4.78, 5) is 26.5. The summed E-state index contributed by atoms with van der Waals surface area (Å²) >= 11 is 0. The van der Waals surface area contributed by atoms with Gasteiger partial charge in [-0.3, -0.25) is 9.59 Å². The molecule has 30 heavy (non-hydrogen) atoms. The SMILES string of the molecule is Cn1cc(C(=O)NC2CCN(CC3(c4ccc(F)cc4)CCCC3)CC2)ccc1=O. The lowest BCUT2D eigenvalue weighted by Crippen LogP contribution is -2.48. The molecule has 2 aromatic rings. The number of aryl methyl sites for hydroxylation is 1. The van der Waals surface area contributed by atoms with E-state index in [9.17, 15) is 14.0 Å². The van der Waals surface area contributed by atoms with Crippen molar-refractivity contribution in [3.63, 3.8) is 0 Å².